The molecule has 1 fully saturated rings. The van der Waals surface area contributed by atoms with Crippen LogP contribution in [0.4, 0.5) is 5.82 Å². The summed E-state index contributed by atoms with van der Waals surface area (Å²) in [6.45, 7) is 7.75. The molecule has 13 nitrogen and oxygen atoms in total. The van der Waals surface area contributed by atoms with E-state index in [4.69, 9.17) is 52.5 Å². The highest BCUT2D eigenvalue weighted by molar-refractivity contribution is 7.00. The zero-order chi connectivity index (χ0) is 62.1. The lowest BCUT2D eigenvalue weighted by Gasteiger charge is -2.43. The van der Waals surface area contributed by atoms with Crippen LogP contribution in [0.3, 0.4) is 0 Å². The molecule has 0 amide bonds. The Balaban J connectivity index is 0.871. The van der Waals surface area contributed by atoms with Gasteiger partial charge in [-0.15, -0.1) is 0 Å². The minimum absolute atomic E-state index is 0.198. The highest BCUT2D eigenvalue weighted by atomic mass is 28.4. The number of anilines is 1. The summed E-state index contributed by atoms with van der Waals surface area (Å²) < 4.78 is 54.1. The molecule has 456 valence electrons. The third kappa shape index (κ3) is 12.1. The molecule has 9 aromatic carbocycles. The number of imidazole rings is 1. The topological polar surface area (TPSA) is 129 Å². The van der Waals surface area contributed by atoms with Gasteiger partial charge in [-0.05, 0) is 133 Å². The molecule has 0 saturated carbocycles. The molecule has 0 aliphatic carbocycles. The zero-order valence-electron chi connectivity index (χ0n) is 51.9. The van der Waals surface area contributed by atoms with Crippen molar-refractivity contribution in [3.8, 4) is 28.7 Å². The number of rotatable bonds is 24. The van der Waals surface area contributed by atoms with Gasteiger partial charge in [-0.1, -0.05) is 197 Å². The average molecular weight is 1210 g/mol. The van der Waals surface area contributed by atoms with E-state index < -0.39 is 19.5 Å². The number of aromatic nitrogens is 4. The van der Waals surface area contributed by atoms with E-state index in [-0.39, 0.29) is 24.0 Å². The summed E-state index contributed by atoms with van der Waals surface area (Å²) in [5.74, 6) is 4.31. The Labute approximate surface area is 528 Å². The fourth-order valence-corrected chi connectivity index (χ4v) is 17.2. The summed E-state index contributed by atoms with van der Waals surface area (Å²) in [6, 6.07) is 81.0. The van der Waals surface area contributed by atoms with E-state index in [0.29, 0.717) is 30.1 Å². The van der Waals surface area contributed by atoms with Crippen molar-refractivity contribution < 1.29 is 37.6 Å². The van der Waals surface area contributed by atoms with Gasteiger partial charge in [-0.3, -0.25) is 4.57 Å². The highest BCUT2D eigenvalue weighted by Gasteiger charge is 2.52. The molecule has 0 unspecified atom stereocenters. The summed E-state index contributed by atoms with van der Waals surface area (Å²) in [5, 5.41) is 5.70. The number of nitrogens with zero attached hydrogens (tertiary/aromatic N) is 4. The van der Waals surface area contributed by atoms with Crippen LogP contribution in [-0.2, 0) is 38.6 Å². The average Bonchev–Trinajstić information content (AvgIpc) is 0.990. The SMILES string of the molecule is COc1ccc(C(OCc2cc(CNc3ncnc4c3ncn4[C@H]3CC[C@H](COC(c4ccccc4)(c4ccc(OC)cc4)c4ccc(OC)cc4)O3)cc(O[Si](c3ccccc3)(c3ccccc3)C(C)(C)C)c2)(c2ccccc2)c2ccc(OC)cc2)cc1. The summed E-state index contributed by atoms with van der Waals surface area (Å²) >= 11 is 0. The Hall–Kier alpha value is -9.57. The Morgan fingerprint density at radius 2 is 0.911 bits per heavy atom. The van der Waals surface area contributed by atoms with Gasteiger partial charge in [-0.25, -0.2) is 15.0 Å². The monoisotopic (exact) mass is 1210 g/mol. The Morgan fingerprint density at radius 3 is 1.37 bits per heavy atom. The van der Waals surface area contributed by atoms with Crippen molar-refractivity contribution >= 4 is 35.7 Å². The first kappa shape index (κ1) is 60.7. The summed E-state index contributed by atoms with van der Waals surface area (Å²) in [5.41, 5.74) is 6.78. The summed E-state index contributed by atoms with van der Waals surface area (Å²) in [6.07, 6.45) is 4.27. The first-order valence-electron chi connectivity index (χ1n) is 30.4. The number of hydrogen-bond acceptors (Lipinski definition) is 12. The minimum Gasteiger partial charge on any atom is -0.534 e. The molecule has 11 aromatic rings. The Kier molecular flexibility index (Phi) is 18.0. The molecule has 1 aliphatic heterocycles. The van der Waals surface area contributed by atoms with Gasteiger partial charge in [0.25, 0.3) is 0 Å². The largest absolute Gasteiger partial charge is 0.534 e. The van der Waals surface area contributed by atoms with E-state index >= 15 is 0 Å². The normalized spacial score (nSPS) is 14.5. The number of methoxy groups -OCH3 is 4. The van der Waals surface area contributed by atoms with Gasteiger partial charge in [0.15, 0.2) is 17.0 Å². The molecular weight excluding hydrogens is 1140 g/mol. The van der Waals surface area contributed by atoms with Crippen LogP contribution >= 0.6 is 0 Å². The van der Waals surface area contributed by atoms with Gasteiger partial charge in [0.1, 0.15) is 52.5 Å². The lowest BCUT2D eigenvalue weighted by Crippen LogP contribution is -2.68. The molecule has 2 atom stereocenters. The van der Waals surface area contributed by atoms with E-state index in [9.17, 15) is 0 Å². The summed E-state index contributed by atoms with van der Waals surface area (Å²) in [4.78, 5) is 14.6. The van der Waals surface area contributed by atoms with E-state index in [1.807, 2.05) is 77.4 Å². The smallest absolute Gasteiger partial charge is 0.319 e. The number of fused-ring (bicyclic) bond motifs is 1. The fourth-order valence-electron chi connectivity index (χ4n) is 12.7. The van der Waals surface area contributed by atoms with Crippen LogP contribution in [-0.4, -0.2) is 69.0 Å². The molecular formula is C76H75N5O8Si. The molecule has 1 aliphatic rings. The minimum atomic E-state index is -3.13. The first-order valence-corrected chi connectivity index (χ1v) is 32.4. The van der Waals surface area contributed by atoms with Crippen LogP contribution in [0.5, 0.6) is 28.7 Å². The van der Waals surface area contributed by atoms with Crippen molar-refractivity contribution in [2.24, 2.45) is 0 Å². The van der Waals surface area contributed by atoms with Crippen LogP contribution in [0.25, 0.3) is 11.2 Å². The van der Waals surface area contributed by atoms with Crippen molar-refractivity contribution in [3.05, 3.63) is 294 Å². The summed E-state index contributed by atoms with van der Waals surface area (Å²) in [7, 11) is 3.58. The number of hydrogen-bond donors (Lipinski definition) is 1. The van der Waals surface area contributed by atoms with E-state index in [2.05, 4.69) is 190 Å². The molecule has 0 bridgehead atoms. The maximum atomic E-state index is 7.82. The molecule has 1 N–H and O–H groups in total. The molecule has 0 spiro atoms. The van der Waals surface area contributed by atoms with Crippen molar-refractivity contribution in [2.75, 3.05) is 40.4 Å². The second-order valence-electron chi connectivity index (χ2n) is 23.5. The van der Waals surface area contributed by atoms with E-state index in [0.717, 1.165) is 86.1 Å². The predicted octanol–water partition coefficient (Wildman–Crippen LogP) is 14.6. The number of benzene rings is 9. The van der Waals surface area contributed by atoms with Crippen molar-refractivity contribution in [2.45, 2.75) is 75.3 Å². The number of nitrogens with one attached hydrogen (secondary N) is 1. The second-order valence-corrected chi connectivity index (χ2v) is 27.8. The predicted molar refractivity (Wildman–Crippen MR) is 356 cm³/mol. The lowest BCUT2D eigenvalue weighted by atomic mass is 9.80. The lowest BCUT2D eigenvalue weighted by molar-refractivity contribution is -0.0756. The molecule has 90 heavy (non-hydrogen) atoms. The van der Waals surface area contributed by atoms with E-state index in [1.54, 1.807) is 41.1 Å². The van der Waals surface area contributed by atoms with Crippen LogP contribution in [0, 0.1) is 0 Å². The molecule has 0 radical (unpaired) electrons. The quantitative estimate of drug-likeness (QED) is 0.0457. The van der Waals surface area contributed by atoms with Crippen LogP contribution < -0.4 is 39.1 Å². The van der Waals surface area contributed by atoms with Crippen LogP contribution in [0.1, 0.15) is 84.3 Å². The Morgan fingerprint density at radius 1 is 0.478 bits per heavy atom. The van der Waals surface area contributed by atoms with Gasteiger partial charge >= 0.3 is 8.32 Å². The van der Waals surface area contributed by atoms with Crippen molar-refractivity contribution in [3.63, 3.8) is 0 Å². The van der Waals surface area contributed by atoms with Gasteiger partial charge in [0.05, 0.1) is 54.1 Å². The van der Waals surface area contributed by atoms with Gasteiger partial charge < -0.3 is 42.9 Å². The molecule has 12 rings (SSSR count). The third-order valence-corrected chi connectivity index (χ3v) is 22.2. The van der Waals surface area contributed by atoms with Crippen molar-refractivity contribution in [1.82, 2.24) is 19.5 Å². The van der Waals surface area contributed by atoms with Gasteiger partial charge in [-0.2, -0.15) is 0 Å². The number of ether oxygens (including phenoxy) is 7. The zero-order valence-corrected chi connectivity index (χ0v) is 52.9. The first-order chi connectivity index (χ1) is 44.0. The van der Waals surface area contributed by atoms with Gasteiger partial charge in [0.2, 0.25) is 0 Å². The van der Waals surface area contributed by atoms with Crippen molar-refractivity contribution in [1.29, 1.82) is 0 Å². The highest BCUT2D eigenvalue weighted by Crippen LogP contribution is 2.46. The van der Waals surface area contributed by atoms with Crippen LogP contribution in [0.15, 0.2) is 249 Å². The fraction of sp³-hybridized carbons (Fsp3) is 0.224. The second kappa shape index (κ2) is 26.6. The molecule has 14 heteroatoms. The third-order valence-electron chi connectivity index (χ3n) is 17.2. The maximum absolute atomic E-state index is 7.82. The standard InChI is InChI=1S/C76H75N5O8Si/c1-74(2,3)90(68-24-16-10-17-25-68,69-26-18-11-19-27-69)89-67-47-54(46-55(48-67)50-86-75(56-20-12-8-13-21-56,58-28-36-62(82-4)37-29-58)59-30-38-63(83-5)39-31-59)49-77-72-71-73(79-52-78-72)81(53-80-71)70-45-44-66(88-70)51-87-76(57-22-14-9-15-23-57,60-32-40-64(84-6)41-33-60)61-34-42-65(85-7)43-35-61/h8-43,46-48,52-53,66,70H,44-45,49-51H2,1-7H3,(H,77,78,79)/t66-,70-/m1/s1. The maximum Gasteiger partial charge on any atom is 0.319 e. The molecule has 1 saturated heterocycles. The Bertz CT molecular complexity index is 3980. The van der Waals surface area contributed by atoms with E-state index in [1.165, 1.54) is 10.4 Å². The molecule has 2 aromatic heterocycles. The van der Waals surface area contributed by atoms with Crippen LogP contribution in [0.2, 0.25) is 5.04 Å². The molecule has 3 heterocycles. The van der Waals surface area contributed by atoms with Gasteiger partial charge in [0, 0.05) is 6.54 Å².